The van der Waals surface area contributed by atoms with Crippen molar-refractivity contribution in [3.05, 3.63) is 34.9 Å². The molecule has 1 aromatic rings. The van der Waals surface area contributed by atoms with Crippen LogP contribution in [-0.2, 0) is 11.2 Å². The predicted octanol–water partition coefficient (Wildman–Crippen LogP) is 3.09. The van der Waals surface area contributed by atoms with E-state index in [9.17, 15) is 4.79 Å². The van der Waals surface area contributed by atoms with Gasteiger partial charge in [0.2, 0.25) is 0 Å². The molecule has 1 fully saturated rings. The maximum absolute atomic E-state index is 12.3. The molecule has 0 spiro atoms. The van der Waals surface area contributed by atoms with Crippen molar-refractivity contribution in [1.82, 2.24) is 10.2 Å². The van der Waals surface area contributed by atoms with Gasteiger partial charge in [-0.25, -0.2) is 4.79 Å². The largest absolute Gasteiger partial charge is 0.444 e. The highest BCUT2D eigenvalue weighted by molar-refractivity contribution is 6.30. The lowest BCUT2D eigenvalue weighted by molar-refractivity contribution is 0.0122. The fraction of sp³-hybridized carbons (Fsp3) is 0.562. The van der Waals surface area contributed by atoms with Crippen LogP contribution >= 0.6 is 11.6 Å². The zero-order valence-electron chi connectivity index (χ0n) is 12.9. The van der Waals surface area contributed by atoms with E-state index in [0.29, 0.717) is 6.54 Å². The summed E-state index contributed by atoms with van der Waals surface area (Å²) in [5.74, 6) is 0. The highest BCUT2D eigenvalue weighted by atomic mass is 35.5. The predicted molar refractivity (Wildman–Crippen MR) is 84.8 cm³/mol. The summed E-state index contributed by atoms with van der Waals surface area (Å²) in [6.45, 7) is 7.93. The van der Waals surface area contributed by atoms with Gasteiger partial charge in [0.05, 0.1) is 6.04 Å². The summed E-state index contributed by atoms with van der Waals surface area (Å²) in [6, 6.07) is 7.87. The van der Waals surface area contributed by atoms with Gasteiger partial charge in [-0.05, 0) is 44.9 Å². The molecule has 1 aromatic carbocycles. The van der Waals surface area contributed by atoms with Gasteiger partial charge in [-0.1, -0.05) is 23.7 Å². The summed E-state index contributed by atoms with van der Waals surface area (Å²) < 4.78 is 5.50. The van der Waals surface area contributed by atoms with E-state index >= 15 is 0 Å². The van der Waals surface area contributed by atoms with Gasteiger partial charge in [0.15, 0.2) is 0 Å². The van der Waals surface area contributed by atoms with Gasteiger partial charge >= 0.3 is 6.09 Å². The Morgan fingerprint density at radius 1 is 1.38 bits per heavy atom. The zero-order chi connectivity index (χ0) is 15.5. The van der Waals surface area contributed by atoms with E-state index in [-0.39, 0.29) is 12.1 Å². The van der Waals surface area contributed by atoms with E-state index in [2.05, 4.69) is 5.32 Å². The Balaban J connectivity index is 2.04. The first-order valence-electron chi connectivity index (χ1n) is 7.30. The maximum atomic E-state index is 12.3. The van der Waals surface area contributed by atoms with E-state index in [0.717, 1.165) is 24.5 Å². The molecule has 116 valence electrons. The Bertz CT molecular complexity index is 482. The van der Waals surface area contributed by atoms with Crippen LogP contribution in [0.4, 0.5) is 4.79 Å². The molecule has 1 amide bonds. The molecule has 2 rings (SSSR count). The van der Waals surface area contributed by atoms with Crippen molar-refractivity contribution >= 4 is 17.7 Å². The first-order chi connectivity index (χ1) is 9.85. The minimum atomic E-state index is -0.465. The lowest BCUT2D eigenvalue weighted by atomic mass is 10.0. The van der Waals surface area contributed by atoms with Crippen molar-refractivity contribution in [2.24, 2.45) is 0 Å². The van der Waals surface area contributed by atoms with E-state index in [1.807, 2.05) is 49.9 Å². The molecule has 1 atom stereocenters. The van der Waals surface area contributed by atoms with Gasteiger partial charge < -0.3 is 15.0 Å². The van der Waals surface area contributed by atoms with Crippen molar-refractivity contribution in [2.45, 2.75) is 38.8 Å². The number of carbonyl (C=O) groups is 1. The molecule has 1 saturated heterocycles. The molecular formula is C16H23ClN2O2. The molecule has 1 aliphatic rings. The molecule has 0 unspecified atom stereocenters. The molecule has 1 heterocycles. The minimum absolute atomic E-state index is 0.106. The number of hydrogen-bond acceptors (Lipinski definition) is 3. The standard InChI is InChI=1S/C16H23ClN2O2/c1-16(2,3)21-15(20)19-9-8-18-11-14(19)10-12-4-6-13(17)7-5-12/h4-7,14,18H,8-11H2,1-3H3/t14-/m0/s1. The summed E-state index contributed by atoms with van der Waals surface area (Å²) in [5, 5.41) is 4.07. The lowest BCUT2D eigenvalue weighted by Gasteiger charge is -2.37. The van der Waals surface area contributed by atoms with Crippen molar-refractivity contribution in [1.29, 1.82) is 0 Å². The van der Waals surface area contributed by atoms with Crippen molar-refractivity contribution in [2.75, 3.05) is 19.6 Å². The summed E-state index contributed by atoms with van der Waals surface area (Å²) in [7, 11) is 0. The molecule has 5 heteroatoms. The Morgan fingerprint density at radius 2 is 2.05 bits per heavy atom. The van der Waals surface area contributed by atoms with Crippen LogP contribution in [0.5, 0.6) is 0 Å². The number of benzene rings is 1. The summed E-state index contributed by atoms with van der Waals surface area (Å²) >= 11 is 5.91. The summed E-state index contributed by atoms with van der Waals surface area (Å²) in [5.41, 5.74) is 0.703. The lowest BCUT2D eigenvalue weighted by Crippen LogP contribution is -2.55. The number of rotatable bonds is 2. The minimum Gasteiger partial charge on any atom is -0.444 e. The number of piperazine rings is 1. The number of ether oxygens (including phenoxy) is 1. The second-order valence-electron chi connectivity index (χ2n) is 6.36. The first kappa shape index (κ1) is 16.1. The second-order valence-corrected chi connectivity index (χ2v) is 6.80. The molecule has 1 aliphatic heterocycles. The molecule has 0 bridgehead atoms. The van der Waals surface area contributed by atoms with Crippen molar-refractivity contribution in [3.8, 4) is 0 Å². The molecule has 0 aromatic heterocycles. The topological polar surface area (TPSA) is 41.6 Å². The van der Waals surface area contributed by atoms with Crippen molar-refractivity contribution in [3.63, 3.8) is 0 Å². The number of halogens is 1. The molecule has 0 saturated carbocycles. The zero-order valence-corrected chi connectivity index (χ0v) is 13.6. The summed E-state index contributed by atoms with van der Waals surface area (Å²) in [6.07, 6.45) is 0.562. The van der Waals surface area contributed by atoms with Crippen molar-refractivity contribution < 1.29 is 9.53 Å². The van der Waals surface area contributed by atoms with Gasteiger partial charge in [-0.2, -0.15) is 0 Å². The number of carbonyl (C=O) groups excluding carboxylic acids is 1. The molecule has 1 N–H and O–H groups in total. The quantitative estimate of drug-likeness (QED) is 0.912. The monoisotopic (exact) mass is 310 g/mol. The van der Waals surface area contributed by atoms with Gasteiger partial charge in [0.1, 0.15) is 5.60 Å². The molecular weight excluding hydrogens is 288 g/mol. The number of nitrogens with zero attached hydrogens (tertiary/aromatic N) is 1. The Hall–Kier alpha value is -1.26. The van der Waals surface area contributed by atoms with Crippen LogP contribution in [-0.4, -0.2) is 42.3 Å². The Kier molecular flexibility index (Phi) is 5.12. The van der Waals surface area contributed by atoms with Crippen LogP contribution in [0.2, 0.25) is 5.02 Å². The first-order valence-corrected chi connectivity index (χ1v) is 7.68. The van der Waals surface area contributed by atoms with Gasteiger partial charge in [0.25, 0.3) is 0 Å². The van der Waals surface area contributed by atoms with Crippen LogP contribution in [0.25, 0.3) is 0 Å². The highest BCUT2D eigenvalue weighted by Crippen LogP contribution is 2.17. The second kappa shape index (κ2) is 6.67. The van der Waals surface area contributed by atoms with Gasteiger partial charge in [-0.15, -0.1) is 0 Å². The fourth-order valence-corrected chi connectivity index (χ4v) is 2.52. The van der Waals surface area contributed by atoms with Crippen LogP contribution in [0, 0.1) is 0 Å². The van der Waals surface area contributed by atoms with E-state index < -0.39 is 5.60 Å². The van der Waals surface area contributed by atoms with E-state index in [1.165, 1.54) is 5.56 Å². The van der Waals surface area contributed by atoms with Gasteiger partial charge in [-0.3, -0.25) is 0 Å². The van der Waals surface area contributed by atoms with Crippen LogP contribution in [0.15, 0.2) is 24.3 Å². The molecule has 21 heavy (non-hydrogen) atoms. The van der Waals surface area contributed by atoms with E-state index in [1.54, 1.807) is 0 Å². The molecule has 0 radical (unpaired) electrons. The average molecular weight is 311 g/mol. The Morgan fingerprint density at radius 3 is 2.67 bits per heavy atom. The number of hydrogen-bond donors (Lipinski definition) is 1. The normalized spacial score (nSPS) is 19.4. The van der Waals surface area contributed by atoms with Crippen LogP contribution < -0.4 is 5.32 Å². The van der Waals surface area contributed by atoms with Crippen LogP contribution in [0.1, 0.15) is 26.3 Å². The molecule has 0 aliphatic carbocycles. The third-order valence-corrected chi connectivity index (χ3v) is 3.61. The van der Waals surface area contributed by atoms with E-state index in [4.69, 9.17) is 16.3 Å². The SMILES string of the molecule is CC(C)(C)OC(=O)N1CCNC[C@@H]1Cc1ccc(Cl)cc1. The number of amides is 1. The smallest absolute Gasteiger partial charge is 0.410 e. The fourth-order valence-electron chi connectivity index (χ4n) is 2.40. The van der Waals surface area contributed by atoms with Crippen LogP contribution in [0.3, 0.4) is 0 Å². The molecule has 4 nitrogen and oxygen atoms in total. The Labute approximate surface area is 131 Å². The third kappa shape index (κ3) is 4.90. The summed E-state index contributed by atoms with van der Waals surface area (Å²) in [4.78, 5) is 14.2. The van der Waals surface area contributed by atoms with Gasteiger partial charge in [0, 0.05) is 24.7 Å². The number of nitrogens with one attached hydrogen (secondary N) is 1. The highest BCUT2D eigenvalue weighted by Gasteiger charge is 2.30. The average Bonchev–Trinajstić information content (AvgIpc) is 2.40. The maximum Gasteiger partial charge on any atom is 0.410 e. The third-order valence-electron chi connectivity index (χ3n) is 3.36.